The van der Waals surface area contributed by atoms with E-state index < -0.39 is 0 Å². The second-order valence-electron chi connectivity index (χ2n) is 6.44. The Labute approximate surface area is 159 Å². The van der Waals surface area contributed by atoms with Crippen LogP contribution in [-0.4, -0.2) is 36.1 Å². The summed E-state index contributed by atoms with van der Waals surface area (Å²) in [6.45, 7) is 4.49. The number of nitrogens with zero attached hydrogens (tertiary/aromatic N) is 1. The SMILES string of the molecule is Cc1cc(C)cc(C(=O)N(C)C[C@@H](CCO)c2ccc(Cl)c(Cl)c2)c1. The molecule has 2 aromatic carbocycles. The number of amides is 1. The lowest BCUT2D eigenvalue weighted by Crippen LogP contribution is -2.31. The maximum Gasteiger partial charge on any atom is 0.253 e. The first-order valence-corrected chi connectivity index (χ1v) is 8.97. The Kier molecular flexibility index (Phi) is 6.88. The fourth-order valence-electron chi connectivity index (χ4n) is 3.02. The highest BCUT2D eigenvalue weighted by Crippen LogP contribution is 2.28. The zero-order valence-corrected chi connectivity index (χ0v) is 16.2. The third-order valence-corrected chi connectivity index (χ3v) is 4.94. The molecule has 0 fully saturated rings. The minimum absolute atomic E-state index is 0.0142. The van der Waals surface area contributed by atoms with E-state index in [1.165, 1.54) is 0 Å². The normalized spacial score (nSPS) is 12.1. The van der Waals surface area contributed by atoms with Gasteiger partial charge in [0.25, 0.3) is 5.91 Å². The highest BCUT2D eigenvalue weighted by molar-refractivity contribution is 6.42. The first-order chi connectivity index (χ1) is 11.8. The summed E-state index contributed by atoms with van der Waals surface area (Å²) in [5, 5.41) is 10.4. The van der Waals surface area contributed by atoms with Gasteiger partial charge >= 0.3 is 0 Å². The lowest BCUT2D eigenvalue weighted by Gasteiger charge is -2.25. The second kappa shape index (κ2) is 8.70. The molecular weight excluding hydrogens is 357 g/mol. The Balaban J connectivity index is 2.20. The number of aliphatic hydroxyl groups is 1. The highest BCUT2D eigenvalue weighted by atomic mass is 35.5. The Morgan fingerprint density at radius 3 is 2.28 bits per heavy atom. The Bertz CT molecular complexity index is 741. The van der Waals surface area contributed by atoms with E-state index in [9.17, 15) is 9.90 Å². The standard InChI is InChI=1S/C20H23Cl2NO2/c1-13-8-14(2)10-17(9-13)20(25)23(3)12-16(6-7-24)15-4-5-18(21)19(22)11-15/h4-5,8-11,16,24H,6-7,12H2,1-3H3/t16-/m1/s1. The molecule has 2 rings (SSSR count). The minimum atomic E-state index is -0.0326. The summed E-state index contributed by atoms with van der Waals surface area (Å²) in [6, 6.07) is 11.3. The van der Waals surface area contributed by atoms with Crippen molar-refractivity contribution >= 4 is 29.1 Å². The van der Waals surface area contributed by atoms with Crippen molar-refractivity contribution in [1.29, 1.82) is 0 Å². The number of carbonyl (C=O) groups is 1. The van der Waals surface area contributed by atoms with Crippen LogP contribution in [0.2, 0.25) is 10.0 Å². The van der Waals surface area contributed by atoms with Crippen LogP contribution in [0.25, 0.3) is 0 Å². The zero-order chi connectivity index (χ0) is 18.6. The topological polar surface area (TPSA) is 40.5 Å². The van der Waals surface area contributed by atoms with Crippen molar-refractivity contribution < 1.29 is 9.90 Å². The molecule has 1 N–H and O–H groups in total. The molecule has 0 saturated heterocycles. The highest BCUT2D eigenvalue weighted by Gasteiger charge is 2.19. The predicted octanol–water partition coefficient (Wildman–Crippen LogP) is 4.85. The van der Waals surface area contributed by atoms with Gasteiger partial charge in [0.2, 0.25) is 0 Å². The molecule has 0 aliphatic carbocycles. The van der Waals surface area contributed by atoms with Crippen LogP contribution in [0.1, 0.15) is 39.4 Å². The number of halogens is 2. The summed E-state index contributed by atoms with van der Waals surface area (Å²) in [4.78, 5) is 14.4. The molecule has 0 saturated carbocycles. The Hall–Kier alpha value is -1.55. The lowest BCUT2D eigenvalue weighted by molar-refractivity contribution is 0.0781. The number of hydrogen-bond donors (Lipinski definition) is 1. The van der Waals surface area contributed by atoms with Crippen LogP contribution in [0.15, 0.2) is 36.4 Å². The van der Waals surface area contributed by atoms with Gasteiger partial charge in [0.05, 0.1) is 10.0 Å². The van der Waals surface area contributed by atoms with E-state index in [1.54, 1.807) is 24.1 Å². The van der Waals surface area contributed by atoms with E-state index in [2.05, 4.69) is 0 Å². The number of rotatable bonds is 6. The van der Waals surface area contributed by atoms with Crippen molar-refractivity contribution in [2.24, 2.45) is 0 Å². The van der Waals surface area contributed by atoms with Crippen LogP contribution >= 0.6 is 23.2 Å². The monoisotopic (exact) mass is 379 g/mol. The van der Waals surface area contributed by atoms with Crippen LogP contribution in [-0.2, 0) is 0 Å². The molecule has 0 unspecified atom stereocenters. The molecule has 0 aliphatic rings. The summed E-state index contributed by atoms with van der Waals surface area (Å²) in [6.07, 6.45) is 0.544. The molecule has 5 heteroatoms. The Morgan fingerprint density at radius 2 is 1.72 bits per heavy atom. The van der Waals surface area contributed by atoms with E-state index in [0.717, 1.165) is 16.7 Å². The van der Waals surface area contributed by atoms with E-state index in [0.29, 0.717) is 28.6 Å². The summed E-state index contributed by atoms with van der Waals surface area (Å²) < 4.78 is 0. The van der Waals surface area contributed by atoms with E-state index in [1.807, 2.05) is 38.1 Å². The van der Waals surface area contributed by atoms with Gasteiger partial charge in [-0.3, -0.25) is 4.79 Å². The number of carbonyl (C=O) groups excluding carboxylic acids is 1. The van der Waals surface area contributed by atoms with Crippen LogP contribution in [0.4, 0.5) is 0 Å². The minimum Gasteiger partial charge on any atom is -0.396 e. The van der Waals surface area contributed by atoms with E-state index >= 15 is 0 Å². The molecule has 0 radical (unpaired) electrons. The molecule has 0 bridgehead atoms. The van der Waals surface area contributed by atoms with Crippen LogP contribution in [0.3, 0.4) is 0 Å². The number of likely N-dealkylation sites (N-methyl/N-ethyl adjacent to an activating group) is 1. The maximum atomic E-state index is 12.8. The predicted molar refractivity (Wildman–Crippen MR) is 104 cm³/mol. The molecule has 25 heavy (non-hydrogen) atoms. The molecule has 0 aliphatic heterocycles. The number of benzene rings is 2. The zero-order valence-electron chi connectivity index (χ0n) is 14.7. The molecule has 0 heterocycles. The van der Waals surface area contributed by atoms with Gasteiger partial charge in [-0.1, -0.05) is 46.5 Å². The van der Waals surface area contributed by atoms with Crippen molar-refractivity contribution in [2.75, 3.05) is 20.2 Å². The van der Waals surface area contributed by atoms with Crippen molar-refractivity contribution in [1.82, 2.24) is 4.90 Å². The summed E-state index contributed by atoms with van der Waals surface area (Å²) in [5.41, 5.74) is 3.77. The third kappa shape index (κ3) is 5.21. The third-order valence-electron chi connectivity index (χ3n) is 4.20. The summed E-state index contributed by atoms with van der Waals surface area (Å²) >= 11 is 12.1. The van der Waals surface area contributed by atoms with Gasteiger partial charge in [-0.25, -0.2) is 0 Å². The van der Waals surface area contributed by atoms with Crippen LogP contribution in [0.5, 0.6) is 0 Å². The first-order valence-electron chi connectivity index (χ1n) is 8.21. The van der Waals surface area contributed by atoms with Crippen molar-refractivity contribution in [3.05, 3.63) is 68.7 Å². The number of aliphatic hydroxyl groups excluding tert-OH is 1. The van der Waals surface area contributed by atoms with Gasteiger partial charge in [0.15, 0.2) is 0 Å². The quantitative estimate of drug-likeness (QED) is 0.779. The molecule has 3 nitrogen and oxygen atoms in total. The molecular formula is C20H23Cl2NO2. The lowest BCUT2D eigenvalue weighted by atomic mass is 9.95. The molecule has 1 amide bonds. The van der Waals surface area contributed by atoms with Crippen LogP contribution in [0, 0.1) is 13.8 Å². The van der Waals surface area contributed by atoms with Gasteiger partial charge in [0, 0.05) is 31.7 Å². The smallest absolute Gasteiger partial charge is 0.253 e. The van der Waals surface area contributed by atoms with Gasteiger partial charge in [-0.05, 0) is 50.1 Å². The maximum absolute atomic E-state index is 12.8. The van der Waals surface area contributed by atoms with Crippen LogP contribution < -0.4 is 0 Å². The van der Waals surface area contributed by atoms with Crippen molar-refractivity contribution in [2.45, 2.75) is 26.2 Å². The molecule has 2 aromatic rings. The first kappa shape index (κ1) is 19.8. The fourth-order valence-corrected chi connectivity index (χ4v) is 3.32. The van der Waals surface area contributed by atoms with Gasteiger partial charge in [-0.2, -0.15) is 0 Å². The van der Waals surface area contributed by atoms with Gasteiger partial charge < -0.3 is 10.0 Å². The molecule has 0 spiro atoms. The average Bonchev–Trinajstić information content (AvgIpc) is 2.55. The molecule has 0 aromatic heterocycles. The van der Waals surface area contributed by atoms with Gasteiger partial charge in [0.1, 0.15) is 0 Å². The van der Waals surface area contributed by atoms with Crippen molar-refractivity contribution in [3.8, 4) is 0 Å². The van der Waals surface area contributed by atoms with E-state index in [-0.39, 0.29) is 18.4 Å². The van der Waals surface area contributed by atoms with Crippen molar-refractivity contribution in [3.63, 3.8) is 0 Å². The summed E-state index contributed by atoms with van der Waals surface area (Å²) in [7, 11) is 1.78. The second-order valence-corrected chi connectivity index (χ2v) is 7.26. The molecule has 1 atom stereocenters. The van der Waals surface area contributed by atoms with E-state index in [4.69, 9.17) is 23.2 Å². The Morgan fingerprint density at radius 1 is 1.08 bits per heavy atom. The van der Waals surface area contributed by atoms with Gasteiger partial charge in [-0.15, -0.1) is 0 Å². The molecule has 134 valence electrons. The fraction of sp³-hybridized carbons (Fsp3) is 0.350. The number of aryl methyl sites for hydroxylation is 2. The number of hydrogen-bond acceptors (Lipinski definition) is 2. The summed E-state index contributed by atoms with van der Waals surface area (Å²) in [5.74, 6) is -0.0468. The average molecular weight is 380 g/mol. The largest absolute Gasteiger partial charge is 0.396 e.